The Morgan fingerprint density at radius 1 is 0.731 bits per heavy atom. The number of esters is 2. The summed E-state index contributed by atoms with van der Waals surface area (Å²) in [5.74, 6) is 2.71. The molecule has 0 N–H and O–H groups in total. The lowest BCUT2D eigenvalue weighted by Crippen LogP contribution is -2.67. The van der Waals surface area contributed by atoms with Gasteiger partial charge < -0.3 is 9.47 Å². The van der Waals surface area contributed by atoms with Gasteiger partial charge in [-0.15, -0.1) is 0 Å². The monoisotopic (exact) mass is 713 g/mol. The molecule has 10 atom stereocenters. The zero-order valence-corrected chi connectivity index (χ0v) is 33.7. The second kappa shape index (κ2) is 14.7. The fraction of sp³-hybridized carbons (Fsp3) is 0.696. The van der Waals surface area contributed by atoms with Crippen LogP contribution < -0.4 is 9.13 Å². The number of aromatic nitrogens is 2. The van der Waals surface area contributed by atoms with Gasteiger partial charge in [-0.3, -0.25) is 0 Å². The van der Waals surface area contributed by atoms with Crippen LogP contribution in [0.2, 0.25) is 0 Å². The summed E-state index contributed by atoms with van der Waals surface area (Å²) < 4.78 is 16.0. The molecule has 6 rings (SSSR count). The van der Waals surface area contributed by atoms with Gasteiger partial charge in [-0.1, -0.05) is 72.8 Å². The van der Waals surface area contributed by atoms with Crippen molar-refractivity contribution in [1.82, 2.24) is 0 Å². The van der Waals surface area contributed by atoms with Crippen molar-refractivity contribution in [2.75, 3.05) is 13.2 Å². The molecular formula is C46H68N2O4+2. The first-order chi connectivity index (χ1) is 24.6. The lowest BCUT2D eigenvalue weighted by molar-refractivity contribution is -0.686. The average molecular weight is 713 g/mol. The Labute approximate surface area is 314 Å². The molecule has 2 aromatic heterocycles. The van der Waals surface area contributed by atoms with Gasteiger partial charge in [0.1, 0.15) is 0 Å². The number of nitrogens with zero attached hydrogens (tertiary/aromatic N) is 2. The average Bonchev–Trinajstić information content (AvgIpc) is 3.10. The topological polar surface area (TPSA) is 60.4 Å². The van der Waals surface area contributed by atoms with Crippen molar-refractivity contribution >= 4 is 11.9 Å². The highest BCUT2D eigenvalue weighted by atomic mass is 16.5. The van der Waals surface area contributed by atoms with Gasteiger partial charge in [0, 0.05) is 29.7 Å². The Morgan fingerprint density at radius 2 is 1.33 bits per heavy atom. The number of carbonyl (C=O) groups is 2. The van der Waals surface area contributed by atoms with E-state index in [0.717, 1.165) is 19.3 Å². The predicted octanol–water partition coefficient (Wildman–Crippen LogP) is 8.96. The molecule has 2 aromatic rings. The molecule has 0 radical (unpaired) electrons. The van der Waals surface area contributed by atoms with Gasteiger partial charge in [0.15, 0.2) is 24.8 Å². The number of allylic oxidation sites excluding steroid dienone is 1. The van der Waals surface area contributed by atoms with Crippen molar-refractivity contribution in [3.8, 4) is 0 Å². The number of hydrogen-bond acceptors (Lipinski definition) is 4. The van der Waals surface area contributed by atoms with E-state index >= 15 is 0 Å². The maximum atomic E-state index is 13.2. The molecule has 52 heavy (non-hydrogen) atoms. The van der Waals surface area contributed by atoms with Crippen LogP contribution in [0.5, 0.6) is 0 Å². The molecule has 4 fully saturated rings. The zero-order chi connectivity index (χ0) is 37.5. The van der Waals surface area contributed by atoms with E-state index in [4.69, 9.17) is 9.47 Å². The highest BCUT2D eigenvalue weighted by molar-refractivity contribution is 5.68. The van der Waals surface area contributed by atoms with Crippen LogP contribution in [-0.4, -0.2) is 25.2 Å². The van der Waals surface area contributed by atoms with Gasteiger partial charge >= 0.3 is 11.9 Å². The molecule has 284 valence electrons. The van der Waals surface area contributed by atoms with Crippen LogP contribution in [0, 0.1) is 62.6 Å². The van der Waals surface area contributed by atoms with E-state index in [-0.39, 0.29) is 52.1 Å². The molecule has 0 aromatic carbocycles. The molecule has 6 heteroatoms. The molecule has 6 nitrogen and oxygen atoms in total. The van der Waals surface area contributed by atoms with Gasteiger partial charge in [-0.25, -0.2) is 9.59 Å². The van der Waals surface area contributed by atoms with Gasteiger partial charge in [-0.2, -0.15) is 9.13 Å². The summed E-state index contributed by atoms with van der Waals surface area (Å²) in [4.78, 5) is 26.0. The number of ether oxygens (including phenoxy) is 2. The highest BCUT2D eigenvalue weighted by Gasteiger charge is 2.69. The van der Waals surface area contributed by atoms with E-state index in [1.165, 1.54) is 44.1 Å². The van der Waals surface area contributed by atoms with E-state index in [0.29, 0.717) is 48.7 Å². The van der Waals surface area contributed by atoms with Crippen molar-refractivity contribution in [3.63, 3.8) is 0 Å². The van der Waals surface area contributed by atoms with Crippen molar-refractivity contribution in [2.24, 2.45) is 62.6 Å². The minimum Gasteiger partial charge on any atom is -0.461 e. The van der Waals surface area contributed by atoms with E-state index in [1.807, 2.05) is 70.3 Å². The molecule has 6 unspecified atom stereocenters. The van der Waals surface area contributed by atoms with Gasteiger partial charge in [0.2, 0.25) is 13.1 Å². The van der Waals surface area contributed by atoms with Crippen LogP contribution in [0.1, 0.15) is 113 Å². The smallest absolute Gasteiger partial charge is 0.372 e. The number of rotatable bonds is 11. The van der Waals surface area contributed by atoms with Crippen molar-refractivity contribution in [2.45, 2.75) is 126 Å². The van der Waals surface area contributed by atoms with Gasteiger partial charge in [0.05, 0.1) is 13.2 Å². The minimum absolute atomic E-state index is 0.0924. The highest BCUT2D eigenvalue weighted by Crippen LogP contribution is 2.76. The van der Waals surface area contributed by atoms with Crippen LogP contribution in [0.4, 0.5) is 0 Å². The van der Waals surface area contributed by atoms with Crippen molar-refractivity contribution in [1.29, 1.82) is 0 Å². The first-order valence-electron chi connectivity index (χ1n) is 20.4. The van der Waals surface area contributed by atoms with Crippen LogP contribution in [-0.2, 0) is 32.2 Å². The van der Waals surface area contributed by atoms with Crippen LogP contribution in [0.25, 0.3) is 0 Å². The lowest BCUT2D eigenvalue weighted by atomic mass is 9.31. The number of fused-ring (bicyclic) bond motifs is 5. The maximum absolute atomic E-state index is 13.2. The Morgan fingerprint density at radius 3 is 1.90 bits per heavy atom. The standard InChI is InChI=1S/C46H68N2O4/c1-10-35(33(2)3)41-36-17-18-38-44(7)21-19-34(31-51-39(49)29-47-25-13-11-14-26-47)42(4,5)37(44)20-22-46(38,9)45(36,8)24-23-43(41,6)32-52-40(50)30-48-27-15-12-16-28-48/h11-16,25-28,34-38,41H,2,10,17-24,29-32H2,1,3-9H3/q+2/t34?,35?,36?,37?,38?,41?,43-,44+,45-,46-/m1/s1. The molecule has 4 aliphatic carbocycles. The van der Waals surface area contributed by atoms with Crippen LogP contribution >= 0.6 is 0 Å². The fourth-order valence-corrected chi connectivity index (χ4v) is 13.3. The minimum atomic E-state index is -0.155. The number of hydrogen-bond donors (Lipinski definition) is 0. The SMILES string of the molecule is C=C(C)C(CC)C1C2CCC3[C@@]4(C)CCC(COC(=O)C[n+]5ccccc5)C(C)(C)C4CC[C@@]3(C)[C@]2(C)CC[C@]1(C)COC(=O)C[n+]1ccccc1. The second-order valence-corrected chi connectivity index (χ2v) is 19.2. The summed E-state index contributed by atoms with van der Waals surface area (Å²) in [7, 11) is 0. The molecule has 0 amide bonds. The quantitative estimate of drug-likeness (QED) is 0.133. The Kier molecular flexibility index (Phi) is 10.9. The van der Waals surface area contributed by atoms with Crippen molar-refractivity contribution in [3.05, 3.63) is 73.3 Å². The molecule has 4 saturated carbocycles. The van der Waals surface area contributed by atoms with E-state index in [9.17, 15) is 9.59 Å². The summed E-state index contributed by atoms with van der Waals surface area (Å²) in [5, 5.41) is 0. The first kappa shape index (κ1) is 38.7. The number of carbonyl (C=O) groups excluding carboxylic acids is 2. The first-order valence-corrected chi connectivity index (χ1v) is 20.4. The van der Waals surface area contributed by atoms with E-state index in [1.54, 1.807) is 0 Å². The lowest BCUT2D eigenvalue weighted by Gasteiger charge is -2.73. The zero-order valence-electron chi connectivity index (χ0n) is 33.7. The summed E-state index contributed by atoms with van der Waals surface area (Å²) in [6.07, 6.45) is 18.3. The Hall–Kier alpha value is -3.02. The molecule has 0 bridgehead atoms. The summed E-state index contributed by atoms with van der Waals surface area (Å²) >= 11 is 0. The van der Waals surface area contributed by atoms with Crippen LogP contribution in [0.3, 0.4) is 0 Å². The van der Waals surface area contributed by atoms with Crippen molar-refractivity contribution < 1.29 is 28.2 Å². The molecule has 2 heterocycles. The summed E-state index contributed by atoms with van der Waals surface area (Å²) in [6.45, 7) is 26.0. The normalized spacial score (nSPS) is 37.0. The molecule has 0 aliphatic heterocycles. The summed E-state index contributed by atoms with van der Waals surface area (Å²) in [5.41, 5.74) is 1.96. The Bertz CT molecular complexity index is 1590. The fourth-order valence-electron chi connectivity index (χ4n) is 13.3. The van der Waals surface area contributed by atoms with E-state index in [2.05, 4.69) is 62.0 Å². The molecular weight excluding hydrogens is 645 g/mol. The number of pyridine rings is 2. The molecule has 4 aliphatic rings. The van der Waals surface area contributed by atoms with Crippen LogP contribution in [0.15, 0.2) is 73.3 Å². The maximum Gasteiger partial charge on any atom is 0.372 e. The van der Waals surface area contributed by atoms with E-state index < -0.39 is 0 Å². The van der Waals surface area contributed by atoms with Gasteiger partial charge in [-0.05, 0) is 122 Å². The third-order valence-corrected chi connectivity index (χ3v) is 16.3. The predicted molar refractivity (Wildman–Crippen MR) is 204 cm³/mol. The molecule has 0 saturated heterocycles. The third-order valence-electron chi connectivity index (χ3n) is 16.3. The second-order valence-electron chi connectivity index (χ2n) is 19.2. The Balaban J connectivity index is 1.20. The largest absolute Gasteiger partial charge is 0.461 e. The van der Waals surface area contributed by atoms with Gasteiger partial charge in [0.25, 0.3) is 0 Å². The molecule has 0 spiro atoms. The summed E-state index contributed by atoms with van der Waals surface area (Å²) in [6, 6.07) is 11.7. The third kappa shape index (κ3) is 6.79.